The van der Waals surface area contributed by atoms with Crippen LogP contribution in [0.1, 0.15) is 41.2 Å². The largest absolute Gasteiger partial charge is 0.497 e. The van der Waals surface area contributed by atoms with E-state index in [1.807, 2.05) is 42.5 Å². The Balaban J connectivity index is 1.53. The first-order valence-corrected chi connectivity index (χ1v) is 15.2. The third-order valence-electron chi connectivity index (χ3n) is 7.76. The molecule has 0 saturated carbocycles. The lowest BCUT2D eigenvalue weighted by atomic mass is 9.99. The lowest BCUT2D eigenvalue weighted by molar-refractivity contribution is -0.147. The van der Waals surface area contributed by atoms with E-state index in [9.17, 15) is 34.2 Å². The first-order chi connectivity index (χ1) is 23.0. The van der Waals surface area contributed by atoms with Crippen molar-refractivity contribution in [3.63, 3.8) is 0 Å². The number of ether oxygens (including phenoxy) is 1. The molecule has 0 fully saturated rings. The number of fused-ring (bicyclic) bond motifs is 1. The van der Waals surface area contributed by atoms with E-state index < -0.39 is 54.3 Å². The van der Waals surface area contributed by atoms with Crippen LogP contribution < -0.4 is 20.7 Å². The summed E-state index contributed by atoms with van der Waals surface area (Å²) in [6, 6.07) is 23.6. The van der Waals surface area contributed by atoms with Crippen LogP contribution in [0, 0.1) is 0 Å². The number of carbonyl (C=O) groups is 5. The molecule has 0 heterocycles. The van der Waals surface area contributed by atoms with Gasteiger partial charge in [-0.3, -0.25) is 19.2 Å². The van der Waals surface area contributed by atoms with Gasteiger partial charge in [0.05, 0.1) is 13.5 Å². The van der Waals surface area contributed by atoms with Crippen molar-refractivity contribution in [3.8, 4) is 5.75 Å². The fraction of sp³-hybridized carbons (Fsp3) is 0.250. The molecule has 4 aromatic carbocycles. The second-order valence-electron chi connectivity index (χ2n) is 11.2. The SMILES string of the molecule is COc1ccc(CNC(=O)[C@H](CCC(=O)O)NC(=O)[C@H](Cc2ccc(C(O)C(=O)O)cc2)NC(=O)Cc2cccc3ccccc23)cc1. The van der Waals surface area contributed by atoms with Crippen molar-refractivity contribution in [2.24, 2.45) is 0 Å². The average molecular weight is 656 g/mol. The van der Waals surface area contributed by atoms with Crippen molar-refractivity contribution in [3.05, 3.63) is 113 Å². The summed E-state index contributed by atoms with van der Waals surface area (Å²) in [5, 5.41) is 38.2. The van der Waals surface area contributed by atoms with Gasteiger partial charge >= 0.3 is 11.9 Å². The van der Waals surface area contributed by atoms with Crippen molar-refractivity contribution >= 4 is 40.4 Å². The van der Waals surface area contributed by atoms with Crippen molar-refractivity contribution in [2.45, 2.75) is 50.4 Å². The Labute approximate surface area is 276 Å². The number of carbonyl (C=O) groups excluding carboxylic acids is 3. The summed E-state index contributed by atoms with van der Waals surface area (Å²) < 4.78 is 5.15. The van der Waals surface area contributed by atoms with Crippen molar-refractivity contribution < 1.29 is 44.0 Å². The summed E-state index contributed by atoms with van der Waals surface area (Å²) in [6.45, 7) is 0.113. The molecular formula is C36H37N3O9. The van der Waals surface area contributed by atoms with Gasteiger partial charge in [0, 0.05) is 19.4 Å². The molecular weight excluding hydrogens is 618 g/mol. The number of benzene rings is 4. The number of nitrogens with one attached hydrogen (secondary N) is 3. The molecule has 0 aliphatic heterocycles. The third-order valence-corrected chi connectivity index (χ3v) is 7.76. The molecule has 12 heteroatoms. The highest BCUT2D eigenvalue weighted by Crippen LogP contribution is 2.20. The molecule has 0 aromatic heterocycles. The van der Waals surface area contributed by atoms with E-state index in [0.29, 0.717) is 11.3 Å². The molecule has 250 valence electrons. The van der Waals surface area contributed by atoms with Gasteiger partial charge in [-0.1, -0.05) is 78.9 Å². The van der Waals surface area contributed by atoms with E-state index in [-0.39, 0.29) is 31.4 Å². The summed E-state index contributed by atoms with van der Waals surface area (Å²) in [6.07, 6.45) is -2.42. The van der Waals surface area contributed by atoms with Gasteiger partial charge in [0.2, 0.25) is 17.7 Å². The van der Waals surface area contributed by atoms with E-state index in [4.69, 9.17) is 9.84 Å². The predicted octanol–water partition coefficient (Wildman–Crippen LogP) is 2.90. The van der Waals surface area contributed by atoms with Gasteiger partial charge in [0.25, 0.3) is 0 Å². The minimum Gasteiger partial charge on any atom is -0.497 e. The van der Waals surface area contributed by atoms with Crippen LogP contribution in [0.15, 0.2) is 91.0 Å². The zero-order valence-electron chi connectivity index (χ0n) is 26.2. The Morgan fingerprint density at radius 3 is 2.08 bits per heavy atom. The molecule has 3 amide bonds. The van der Waals surface area contributed by atoms with Crippen LogP contribution in [0.2, 0.25) is 0 Å². The van der Waals surface area contributed by atoms with E-state index in [1.54, 1.807) is 24.3 Å². The molecule has 4 aromatic rings. The van der Waals surface area contributed by atoms with Crippen LogP contribution in [0.25, 0.3) is 10.8 Å². The minimum absolute atomic E-state index is 0.0420. The molecule has 0 saturated heterocycles. The number of carboxylic acid groups (broad SMARTS) is 2. The summed E-state index contributed by atoms with van der Waals surface area (Å²) in [7, 11) is 1.53. The van der Waals surface area contributed by atoms with Crippen LogP contribution in [0.4, 0.5) is 0 Å². The predicted molar refractivity (Wildman–Crippen MR) is 176 cm³/mol. The lowest BCUT2D eigenvalue weighted by Crippen LogP contribution is -2.54. The number of aliphatic carboxylic acids is 2. The first-order valence-electron chi connectivity index (χ1n) is 15.2. The van der Waals surface area contributed by atoms with Crippen molar-refractivity contribution in [2.75, 3.05) is 7.11 Å². The Morgan fingerprint density at radius 2 is 1.42 bits per heavy atom. The average Bonchev–Trinajstić information content (AvgIpc) is 3.08. The maximum Gasteiger partial charge on any atom is 0.337 e. The number of rotatable bonds is 16. The van der Waals surface area contributed by atoms with Crippen LogP contribution in [-0.2, 0) is 43.4 Å². The molecule has 4 rings (SSSR count). The zero-order chi connectivity index (χ0) is 34.6. The standard InChI is InChI=1S/C36H37N3O9/c1-48-27-15-11-23(12-16-27)21-37-34(44)29(17-18-32(41)42)39-35(45)30(19-22-9-13-25(14-10-22)33(43)36(46)47)38-31(40)20-26-7-4-6-24-5-2-3-8-28(24)26/h2-16,29-30,33,43H,17-21H2,1H3,(H,37,44)(H,38,40)(H,39,45)(H,41,42)(H,46,47)/t29-,30-,33?/m0/s1. The van der Waals surface area contributed by atoms with Gasteiger partial charge in [-0.2, -0.15) is 0 Å². The fourth-order valence-electron chi connectivity index (χ4n) is 5.15. The summed E-state index contributed by atoms with van der Waals surface area (Å²) >= 11 is 0. The molecule has 0 radical (unpaired) electrons. The number of aliphatic hydroxyl groups excluding tert-OH is 1. The maximum atomic E-state index is 13.7. The molecule has 6 N–H and O–H groups in total. The fourth-order valence-corrected chi connectivity index (χ4v) is 5.15. The minimum atomic E-state index is -1.73. The van der Waals surface area contributed by atoms with E-state index >= 15 is 0 Å². The Kier molecular flexibility index (Phi) is 12.2. The van der Waals surface area contributed by atoms with Gasteiger partial charge in [-0.05, 0) is 51.6 Å². The van der Waals surface area contributed by atoms with Crippen molar-refractivity contribution in [1.82, 2.24) is 16.0 Å². The number of hydrogen-bond acceptors (Lipinski definition) is 7. The second-order valence-corrected chi connectivity index (χ2v) is 11.2. The molecule has 0 bridgehead atoms. The number of hydrogen-bond donors (Lipinski definition) is 6. The first kappa shape index (κ1) is 35.1. The lowest BCUT2D eigenvalue weighted by Gasteiger charge is -2.23. The molecule has 12 nitrogen and oxygen atoms in total. The zero-order valence-corrected chi connectivity index (χ0v) is 26.2. The highest BCUT2D eigenvalue weighted by atomic mass is 16.5. The van der Waals surface area contributed by atoms with E-state index in [0.717, 1.165) is 21.9 Å². The van der Waals surface area contributed by atoms with Gasteiger partial charge < -0.3 is 36.0 Å². The molecule has 48 heavy (non-hydrogen) atoms. The number of aliphatic hydroxyl groups is 1. The Morgan fingerprint density at radius 1 is 0.750 bits per heavy atom. The normalized spacial score (nSPS) is 12.7. The maximum absolute atomic E-state index is 13.7. The van der Waals surface area contributed by atoms with Gasteiger partial charge in [0.1, 0.15) is 17.8 Å². The van der Waals surface area contributed by atoms with Crippen LogP contribution in [0.3, 0.4) is 0 Å². The monoisotopic (exact) mass is 655 g/mol. The highest BCUT2D eigenvalue weighted by molar-refractivity contribution is 5.94. The quantitative estimate of drug-likeness (QED) is 0.105. The van der Waals surface area contributed by atoms with Crippen LogP contribution >= 0.6 is 0 Å². The van der Waals surface area contributed by atoms with Gasteiger partial charge in [-0.15, -0.1) is 0 Å². The third kappa shape index (κ3) is 9.87. The number of carboxylic acids is 2. The Hall–Kier alpha value is -5.75. The number of amides is 3. The van der Waals surface area contributed by atoms with Crippen molar-refractivity contribution in [1.29, 1.82) is 0 Å². The summed E-state index contributed by atoms with van der Waals surface area (Å²) in [5.74, 6) is -3.72. The topological polar surface area (TPSA) is 191 Å². The Bertz CT molecular complexity index is 1750. The van der Waals surface area contributed by atoms with E-state index in [1.165, 1.54) is 31.4 Å². The van der Waals surface area contributed by atoms with E-state index in [2.05, 4.69) is 16.0 Å². The molecule has 1 unspecified atom stereocenters. The number of methoxy groups -OCH3 is 1. The van der Waals surface area contributed by atoms with Gasteiger partial charge in [0.15, 0.2) is 6.10 Å². The molecule has 0 aliphatic rings. The smallest absolute Gasteiger partial charge is 0.337 e. The highest BCUT2D eigenvalue weighted by Gasteiger charge is 2.28. The van der Waals surface area contributed by atoms with Crippen LogP contribution in [0.5, 0.6) is 5.75 Å². The summed E-state index contributed by atoms with van der Waals surface area (Å²) in [4.78, 5) is 62.9. The summed E-state index contributed by atoms with van der Waals surface area (Å²) in [5.41, 5.74) is 2.17. The molecule has 0 spiro atoms. The van der Waals surface area contributed by atoms with Gasteiger partial charge in [-0.25, -0.2) is 4.79 Å². The van der Waals surface area contributed by atoms with Crippen LogP contribution in [-0.4, -0.2) is 64.2 Å². The molecule has 0 aliphatic carbocycles. The molecule has 3 atom stereocenters. The second kappa shape index (κ2) is 16.7.